The van der Waals surface area contributed by atoms with Crippen molar-refractivity contribution in [2.75, 3.05) is 19.6 Å². The van der Waals surface area contributed by atoms with E-state index in [9.17, 15) is 9.59 Å². The molecule has 27 heavy (non-hydrogen) atoms. The van der Waals surface area contributed by atoms with Crippen LogP contribution in [0.15, 0.2) is 29.1 Å². The second-order valence-corrected chi connectivity index (χ2v) is 7.21. The topological polar surface area (TPSA) is 105 Å². The summed E-state index contributed by atoms with van der Waals surface area (Å²) in [5, 5.41) is 10.1. The molecule has 9 nitrogen and oxygen atoms in total. The number of hydrogen-bond acceptors (Lipinski definition) is 5. The third-order valence-corrected chi connectivity index (χ3v) is 5.59. The standard InChI is InChI=1S/C18H24N6O3/c1-2-19-17(26)22-15-16-20-12-21-24(16)8-6-18(15)5-7-23(11-18)14(25)10-13-4-3-9-27-13/h3-4,9,12,15H,2,5-8,10-11H2,1H3,(H2,19,22,26)/t15-,18-/m0/s1. The predicted octanol–water partition coefficient (Wildman–Crippen LogP) is 1.10. The molecule has 1 saturated heterocycles. The van der Waals surface area contributed by atoms with Crippen LogP contribution in [0.1, 0.15) is 37.4 Å². The van der Waals surface area contributed by atoms with Gasteiger partial charge in [-0.1, -0.05) is 0 Å². The molecule has 2 aliphatic rings. The van der Waals surface area contributed by atoms with Crippen LogP contribution in [0, 0.1) is 5.41 Å². The van der Waals surface area contributed by atoms with Crippen molar-refractivity contribution in [3.8, 4) is 0 Å². The van der Waals surface area contributed by atoms with E-state index in [0.29, 0.717) is 25.4 Å². The molecule has 2 aliphatic heterocycles. The molecule has 144 valence electrons. The number of urea groups is 1. The van der Waals surface area contributed by atoms with Gasteiger partial charge in [0.05, 0.1) is 18.7 Å². The van der Waals surface area contributed by atoms with Crippen LogP contribution in [0.25, 0.3) is 0 Å². The lowest BCUT2D eigenvalue weighted by Crippen LogP contribution is -2.50. The van der Waals surface area contributed by atoms with Crippen molar-refractivity contribution in [2.45, 2.75) is 38.8 Å². The first-order valence-electron chi connectivity index (χ1n) is 9.33. The van der Waals surface area contributed by atoms with Gasteiger partial charge in [0, 0.05) is 31.6 Å². The van der Waals surface area contributed by atoms with E-state index in [2.05, 4.69) is 20.7 Å². The lowest BCUT2D eigenvalue weighted by molar-refractivity contribution is -0.130. The van der Waals surface area contributed by atoms with Crippen molar-refractivity contribution < 1.29 is 14.0 Å². The van der Waals surface area contributed by atoms with Gasteiger partial charge in [-0.2, -0.15) is 5.10 Å². The van der Waals surface area contributed by atoms with Crippen molar-refractivity contribution in [3.05, 3.63) is 36.3 Å². The number of fused-ring (bicyclic) bond motifs is 1. The molecular formula is C18H24N6O3. The molecule has 0 aliphatic carbocycles. The molecule has 2 atom stereocenters. The van der Waals surface area contributed by atoms with Crippen molar-refractivity contribution in [1.29, 1.82) is 0 Å². The first-order valence-corrected chi connectivity index (χ1v) is 9.33. The first-order chi connectivity index (χ1) is 13.1. The Bertz CT molecular complexity index is 817. The largest absolute Gasteiger partial charge is 0.469 e. The lowest BCUT2D eigenvalue weighted by atomic mass is 9.74. The minimum Gasteiger partial charge on any atom is -0.469 e. The third-order valence-electron chi connectivity index (χ3n) is 5.59. The van der Waals surface area contributed by atoms with Gasteiger partial charge in [-0.05, 0) is 31.9 Å². The SMILES string of the molecule is CCNC(=O)N[C@H]1c2ncnn2CC[C@]12CCN(C(=O)Cc1ccco1)C2. The Morgan fingerprint density at radius 1 is 1.37 bits per heavy atom. The molecule has 2 aromatic heterocycles. The van der Waals surface area contributed by atoms with Crippen LogP contribution < -0.4 is 10.6 Å². The number of furan rings is 1. The van der Waals surface area contributed by atoms with Crippen LogP contribution in [0.5, 0.6) is 0 Å². The average molecular weight is 372 g/mol. The maximum absolute atomic E-state index is 12.7. The Hall–Kier alpha value is -2.84. The van der Waals surface area contributed by atoms with Crippen molar-refractivity contribution >= 4 is 11.9 Å². The molecule has 0 unspecified atom stereocenters. The minimum atomic E-state index is -0.276. The van der Waals surface area contributed by atoms with E-state index in [1.165, 1.54) is 6.33 Å². The Labute approximate surface area is 157 Å². The number of hydrogen-bond donors (Lipinski definition) is 2. The van der Waals surface area contributed by atoms with Crippen LogP contribution in [0.4, 0.5) is 4.79 Å². The molecule has 0 radical (unpaired) electrons. The molecule has 2 aromatic rings. The van der Waals surface area contributed by atoms with Crippen LogP contribution in [0.3, 0.4) is 0 Å². The van der Waals surface area contributed by atoms with E-state index < -0.39 is 0 Å². The summed E-state index contributed by atoms with van der Waals surface area (Å²) in [7, 11) is 0. The molecular weight excluding hydrogens is 348 g/mol. The number of nitrogens with one attached hydrogen (secondary N) is 2. The Kier molecular flexibility index (Phi) is 4.59. The van der Waals surface area contributed by atoms with E-state index in [1.807, 2.05) is 22.6 Å². The van der Waals surface area contributed by atoms with Gasteiger partial charge in [0.2, 0.25) is 5.91 Å². The van der Waals surface area contributed by atoms with Crippen LogP contribution in [0.2, 0.25) is 0 Å². The predicted molar refractivity (Wildman–Crippen MR) is 95.6 cm³/mol. The van der Waals surface area contributed by atoms with E-state index in [1.54, 1.807) is 12.3 Å². The summed E-state index contributed by atoms with van der Waals surface area (Å²) in [5.41, 5.74) is -0.229. The highest BCUT2D eigenvalue weighted by Gasteiger charge is 2.50. The van der Waals surface area contributed by atoms with Gasteiger partial charge in [-0.15, -0.1) is 0 Å². The van der Waals surface area contributed by atoms with Crippen molar-refractivity contribution in [1.82, 2.24) is 30.3 Å². The number of nitrogens with zero attached hydrogens (tertiary/aromatic N) is 4. The minimum absolute atomic E-state index is 0.0469. The molecule has 2 N–H and O–H groups in total. The zero-order valence-electron chi connectivity index (χ0n) is 15.4. The fourth-order valence-corrected chi connectivity index (χ4v) is 4.20. The molecule has 0 saturated carbocycles. The first kappa shape index (κ1) is 17.6. The third kappa shape index (κ3) is 3.29. The van der Waals surface area contributed by atoms with Crippen LogP contribution in [-0.4, -0.2) is 51.2 Å². The molecule has 9 heteroatoms. The second kappa shape index (κ2) is 7.05. The van der Waals surface area contributed by atoms with Gasteiger partial charge >= 0.3 is 6.03 Å². The molecule has 0 aromatic carbocycles. The van der Waals surface area contributed by atoms with Gasteiger partial charge in [0.25, 0.3) is 0 Å². The van der Waals surface area contributed by atoms with Crippen molar-refractivity contribution in [2.24, 2.45) is 5.41 Å². The van der Waals surface area contributed by atoms with Gasteiger partial charge in [-0.3, -0.25) is 4.79 Å². The van der Waals surface area contributed by atoms with E-state index in [-0.39, 0.29) is 29.8 Å². The van der Waals surface area contributed by atoms with Crippen LogP contribution >= 0.6 is 0 Å². The summed E-state index contributed by atoms with van der Waals surface area (Å²) < 4.78 is 7.15. The van der Waals surface area contributed by atoms with Crippen LogP contribution in [-0.2, 0) is 17.8 Å². The van der Waals surface area contributed by atoms with E-state index >= 15 is 0 Å². The van der Waals surface area contributed by atoms with Gasteiger partial charge in [0.1, 0.15) is 17.9 Å². The maximum Gasteiger partial charge on any atom is 0.315 e. The number of rotatable bonds is 4. The van der Waals surface area contributed by atoms with E-state index in [4.69, 9.17) is 4.42 Å². The number of aryl methyl sites for hydroxylation is 1. The van der Waals surface area contributed by atoms with E-state index in [0.717, 1.165) is 25.2 Å². The molecule has 4 heterocycles. The number of amides is 3. The molecule has 0 bridgehead atoms. The van der Waals surface area contributed by atoms with Crippen molar-refractivity contribution in [3.63, 3.8) is 0 Å². The normalized spacial score (nSPS) is 24.0. The molecule has 3 amide bonds. The Balaban J connectivity index is 1.53. The zero-order chi connectivity index (χ0) is 18.9. The molecule has 4 rings (SSSR count). The fraction of sp³-hybridized carbons (Fsp3) is 0.556. The monoisotopic (exact) mass is 372 g/mol. The second-order valence-electron chi connectivity index (χ2n) is 7.21. The number of carbonyl (C=O) groups excluding carboxylic acids is 2. The molecule has 1 fully saturated rings. The van der Waals surface area contributed by atoms with Gasteiger partial charge < -0.3 is 20.0 Å². The number of carbonyl (C=O) groups is 2. The lowest BCUT2D eigenvalue weighted by Gasteiger charge is -2.40. The fourth-order valence-electron chi connectivity index (χ4n) is 4.20. The highest BCUT2D eigenvalue weighted by atomic mass is 16.3. The summed E-state index contributed by atoms with van der Waals surface area (Å²) in [5.74, 6) is 1.47. The summed E-state index contributed by atoms with van der Waals surface area (Å²) in [6, 6.07) is 3.10. The molecule has 1 spiro atoms. The van der Waals surface area contributed by atoms with Gasteiger partial charge in [0.15, 0.2) is 0 Å². The number of aromatic nitrogens is 3. The smallest absolute Gasteiger partial charge is 0.315 e. The highest BCUT2D eigenvalue weighted by molar-refractivity contribution is 5.78. The highest BCUT2D eigenvalue weighted by Crippen LogP contribution is 2.47. The Morgan fingerprint density at radius 3 is 3.00 bits per heavy atom. The average Bonchev–Trinajstić information content (AvgIpc) is 3.39. The van der Waals surface area contributed by atoms with Gasteiger partial charge in [-0.25, -0.2) is 14.5 Å². The summed E-state index contributed by atoms with van der Waals surface area (Å²) in [6.45, 7) is 4.43. The Morgan fingerprint density at radius 2 is 2.22 bits per heavy atom. The zero-order valence-corrected chi connectivity index (χ0v) is 15.4. The number of likely N-dealkylation sites (tertiary alicyclic amines) is 1. The quantitative estimate of drug-likeness (QED) is 0.836. The maximum atomic E-state index is 12.7. The summed E-state index contributed by atoms with van der Waals surface area (Å²) in [6.07, 6.45) is 5.02. The summed E-state index contributed by atoms with van der Waals surface area (Å²) >= 11 is 0. The summed E-state index contributed by atoms with van der Waals surface area (Å²) in [4.78, 5) is 31.2.